The van der Waals surface area contributed by atoms with Gasteiger partial charge in [-0.2, -0.15) is 0 Å². The van der Waals surface area contributed by atoms with Crippen molar-refractivity contribution in [2.24, 2.45) is 0 Å². The van der Waals surface area contributed by atoms with Crippen LogP contribution in [0.5, 0.6) is 0 Å². The number of aromatic nitrogens is 1. The minimum absolute atomic E-state index is 0.0460. The van der Waals surface area contributed by atoms with Gasteiger partial charge in [-0.3, -0.25) is 9.59 Å². The molecular weight excluding hydrogens is 473 g/mol. The lowest BCUT2D eigenvalue weighted by Gasteiger charge is -2.47. The first kappa shape index (κ1) is 25.4. The zero-order valence-electron chi connectivity index (χ0n) is 22.1. The fourth-order valence-electron chi connectivity index (χ4n) is 5.13. The highest BCUT2D eigenvalue weighted by Crippen LogP contribution is 2.50. The molecule has 5 rings (SSSR count). The zero-order chi connectivity index (χ0) is 26.8. The molecule has 2 aromatic heterocycles. The summed E-state index contributed by atoms with van der Waals surface area (Å²) >= 11 is 0. The molecule has 2 aliphatic rings. The maximum Gasteiger partial charge on any atom is 0.290 e. The minimum Gasteiger partial charge on any atom is -0.449 e. The molecule has 3 heterocycles. The molecule has 1 atom stereocenters. The van der Waals surface area contributed by atoms with Gasteiger partial charge in [0, 0.05) is 36.8 Å². The van der Waals surface area contributed by atoms with Gasteiger partial charge in [0.15, 0.2) is 11.3 Å². The van der Waals surface area contributed by atoms with E-state index in [1.807, 2.05) is 19.9 Å². The van der Waals surface area contributed by atoms with Crippen molar-refractivity contribution < 1.29 is 23.5 Å². The molecular formula is C29H34FN3O4. The fourth-order valence-corrected chi connectivity index (χ4v) is 5.13. The molecule has 37 heavy (non-hydrogen) atoms. The predicted molar refractivity (Wildman–Crippen MR) is 139 cm³/mol. The molecule has 1 aliphatic heterocycles. The molecule has 1 saturated carbocycles. The maximum atomic E-state index is 13.7. The molecule has 0 radical (unpaired) electrons. The molecule has 0 bridgehead atoms. The van der Waals surface area contributed by atoms with Crippen molar-refractivity contribution in [1.29, 1.82) is 0 Å². The Bertz CT molecular complexity index is 1370. The summed E-state index contributed by atoms with van der Waals surface area (Å²) in [5.74, 6) is -0.679. The molecule has 1 N–H and O–H groups in total. The fraction of sp³-hybridized carbons (Fsp3) is 0.483. The average Bonchev–Trinajstić information content (AvgIpc) is 3.46. The van der Waals surface area contributed by atoms with Crippen LogP contribution in [0.3, 0.4) is 0 Å². The standard InChI is InChI=1S/C29H34FN3O4/c1-6-29(5,36)26(35)32-13-14-33(27(2,3)17-32)25(34)23-16-22-24(37-23)20(28(4)11-12-28)15-21(31-22)18-7-9-19(30)10-8-18/h7-10,15-16,36H,6,11-14,17H2,1-5H3. The predicted octanol–water partition coefficient (Wildman–Crippen LogP) is 4.91. The Balaban J connectivity index is 1.47. The quantitative estimate of drug-likeness (QED) is 0.530. The third-order valence-electron chi connectivity index (χ3n) is 8.06. The van der Waals surface area contributed by atoms with E-state index in [2.05, 4.69) is 6.92 Å². The normalized spacial score (nSPS) is 20.1. The van der Waals surface area contributed by atoms with E-state index < -0.39 is 11.1 Å². The van der Waals surface area contributed by atoms with Crippen molar-refractivity contribution in [3.8, 4) is 11.3 Å². The van der Waals surface area contributed by atoms with E-state index in [0.29, 0.717) is 42.8 Å². The topological polar surface area (TPSA) is 86.9 Å². The lowest BCUT2D eigenvalue weighted by atomic mass is 9.95. The molecule has 2 fully saturated rings. The number of furan rings is 1. The Morgan fingerprint density at radius 2 is 1.81 bits per heavy atom. The van der Waals surface area contributed by atoms with E-state index in [-0.39, 0.29) is 28.8 Å². The molecule has 0 spiro atoms. The van der Waals surface area contributed by atoms with E-state index in [4.69, 9.17) is 9.40 Å². The van der Waals surface area contributed by atoms with Crippen LogP contribution in [-0.4, -0.2) is 62.5 Å². The number of hydrogen-bond acceptors (Lipinski definition) is 5. The Labute approximate surface area is 216 Å². The number of amides is 2. The molecule has 1 saturated heterocycles. The number of rotatable bonds is 5. The number of pyridine rings is 1. The molecule has 8 heteroatoms. The van der Waals surface area contributed by atoms with Crippen molar-refractivity contribution in [2.45, 2.75) is 70.4 Å². The van der Waals surface area contributed by atoms with Gasteiger partial charge in [-0.15, -0.1) is 0 Å². The summed E-state index contributed by atoms with van der Waals surface area (Å²) in [5, 5.41) is 10.5. The van der Waals surface area contributed by atoms with E-state index in [1.165, 1.54) is 19.1 Å². The number of aliphatic hydroxyl groups is 1. The van der Waals surface area contributed by atoms with Crippen LogP contribution >= 0.6 is 0 Å². The number of halogens is 1. The number of hydrogen-bond donors (Lipinski definition) is 1. The number of fused-ring (bicyclic) bond motifs is 1. The summed E-state index contributed by atoms with van der Waals surface area (Å²) in [6.07, 6.45) is 2.35. The van der Waals surface area contributed by atoms with Crippen molar-refractivity contribution in [1.82, 2.24) is 14.8 Å². The molecule has 196 valence electrons. The number of carbonyl (C=O) groups excluding carboxylic acids is 2. The highest BCUT2D eigenvalue weighted by molar-refractivity contribution is 5.97. The van der Waals surface area contributed by atoms with Crippen LogP contribution in [0.15, 0.2) is 40.8 Å². The van der Waals surface area contributed by atoms with E-state index in [1.54, 1.807) is 34.9 Å². The monoisotopic (exact) mass is 507 g/mol. The molecule has 3 aromatic rings. The van der Waals surface area contributed by atoms with Crippen LogP contribution in [0.1, 0.15) is 70.0 Å². The van der Waals surface area contributed by atoms with Gasteiger partial charge in [0.25, 0.3) is 11.8 Å². The van der Waals surface area contributed by atoms with Crippen molar-refractivity contribution in [3.05, 3.63) is 53.5 Å². The maximum absolute atomic E-state index is 13.7. The molecule has 7 nitrogen and oxygen atoms in total. The Morgan fingerprint density at radius 3 is 2.41 bits per heavy atom. The summed E-state index contributed by atoms with van der Waals surface area (Å²) in [7, 11) is 0. The smallest absolute Gasteiger partial charge is 0.290 e. The highest BCUT2D eigenvalue weighted by Gasteiger charge is 2.44. The second kappa shape index (κ2) is 8.65. The summed E-state index contributed by atoms with van der Waals surface area (Å²) in [6, 6.07) is 9.91. The van der Waals surface area contributed by atoms with Gasteiger partial charge >= 0.3 is 0 Å². The SMILES string of the molecule is CCC(C)(O)C(=O)N1CCN(C(=O)c2cc3nc(-c4ccc(F)cc4)cc(C4(C)CC4)c3o2)C(C)(C)C1. The Kier molecular flexibility index (Phi) is 5.94. The van der Waals surface area contributed by atoms with Crippen LogP contribution in [0, 0.1) is 5.82 Å². The van der Waals surface area contributed by atoms with Crippen molar-refractivity contribution in [3.63, 3.8) is 0 Å². The summed E-state index contributed by atoms with van der Waals surface area (Å²) in [4.78, 5) is 34.7. The summed E-state index contributed by atoms with van der Waals surface area (Å²) in [5.41, 5.74) is 1.59. The average molecular weight is 508 g/mol. The number of benzene rings is 1. The van der Waals surface area contributed by atoms with Crippen LogP contribution in [-0.2, 0) is 10.2 Å². The first-order chi connectivity index (χ1) is 17.3. The van der Waals surface area contributed by atoms with Gasteiger partial charge < -0.3 is 19.3 Å². The third kappa shape index (κ3) is 4.52. The van der Waals surface area contributed by atoms with Crippen molar-refractivity contribution >= 4 is 22.9 Å². The molecule has 1 aliphatic carbocycles. The van der Waals surface area contributed by atoms with Crippen LogP contribution in [0.25, 0.3) is 22.4 Å². The summed E-state index contributed by atoms with van der Waals surface area (Å²) in [6.45, 7) is 10.3. The number of nitrogens with zero attached hydrogens (tertiary/aromatic N) is 3. The number of piperazine rings is 1. The summed E-state index contributed by atoms with van der Waals surface area (Å²) < 4.78 is 19.7. The minimum atomic E-state index is -1.43. The largest absolute Gasteiger partial charge is 0.449 e. The van der Waals surface area contributed by atoms with Gasteiger partial charge in [-0.1, -0.05) is 13.8 Å². The second-order valence-corrected chi connectivity index (χ2v) is 11.6. The van der Waals surface area contributed by atoms with E-state index in [0.717, 1.165) is 24.0 Å². The Morgan fingerprint density at radius 1 is 1.14 bits per heavy atom. The lowest BCUT2D eigenvalue weighted by molar-refractivity contribution is -0.154. The first-order valence-electron chi connectivity index (χ1n) is 12.9. The van der Waals surface area contributed by atoms with Gasteiger partial charge in [-0.25, -0.2) is 9.37 Å². The van der Waals surface area contributed by atoms with Gasteiger partial charge in [0.1, 0.15) is 16.9 Å². The van der Waals surface area contributed by atoms with E-state index >= 15 is 0 Å². The Hall–Kier alpha value is -3.26. The third-order valence-corrected chi connectivity index (χ3v) is 8.06. The highest BCUT2D eigenvalue weighted by atomic mass is 19.1. The molecule has 1 unspecified atom stereocenters. The number of carbonyl (C=O) groups is 2. The van der Waals surface area contributed by atoms with Crippen LogP contribution < -0.4 is 0 Å². The second-order valence-electron chi connectivity index (χ2n) is 11.6. The van der Waals surface area contributed by atoms with Gasteiger partial charge in [0.2, 0.25) is 0 Å². The van der Waals surface area contributed by atoms with Crippen LogP contribution in [0.4, 0.5) is 4.39 Å². The van der Waals surface area contributed by atoms with Crippen LogP contribution in [0.2, 0.25) is 0 Å². The van der Waals surface area contributed by atoms with Gasteiger partial charge in [0.05, 0.1) is 11.2 Å². The van der Waals surface area contributed by atoms with Crippen molar-refractivity contribution in [2.75, 3.05) is 19.6 Å². The lowest BCUT2D eigenvalue weighted by Crippen LogP contribution is -2.64. The first-order valence-corrected chi connectivity index (χ1v) is 12.9. The van der Waals surface area contributed by atoms with Gasteiger partial charge in [-0.05, 0) is 75.8 Å². The molecule has 1 aromatic carbocycles. The van der Waals surface area contributed by atoms with E-state index in [9.17, 15) is 19.1 Å². The zero-order valence-corrected chi connectivity index (χ0v) is 22.1. The molecule has 2 amide bonds.